The van der Waals surface area contributed by atoms with E-state index in [0.29, 0.717) is 24.5 Å². The Bertz CT molecular complexity index is 119. The van der Waals surface area contributed by atoms with Crippen LogP contribution in [-0.2, 0) is 9.57 Å². The first kappa shape index (κ1) is 8.97. The van der Waals surface area contributed by atoms with Crippen LogP contribution in [0.1, 0.15) is 20.3 Å². The fourth-order valence-electron chi connectivity index (χ4n) is 1.77. The summed E-state index contributed by atoms with van der Waals surface area (Å²) in [5.74, 6) is 6.14. The van der Waals surface area contributed by atoms with Crippen molar-refractivity contribution in [1.29, 1.82) is 0 Å². The number of hydrogen-bond donors (Lipinski definition) is 1. The van der Waals surface area contributed by atoms with Crippen LogP contribution >= 0.6 is 0 Å². The number of ether oxygens (including phenoxy) is 1. The lowest BCUT2D eigenvalue weighted by molar-refractivity contribution is 0.0502. The molecule has 11 heavy (non-hydrogen) atoms. The third kappa shape index (κ3) is 2.15. The van der Waals surface area contributed by atoms with Crippen LogP contribution in [0.5, 0.6) is 0 Å². The van der Waals surface area contributed by atoms with Crippen LogP contribution in [0.2, 0.25) is 0 Å². The second-order valence-corrected chi connectivity index (χ2v) is 3.34. The molecule has 1 aliphatic rings. The van der Waals surface area contributed by atoms with Crippen LogP contribution in [0.15, 0.2) is 0 Å². The van der Waals surface area contributed by atoms with Crippen molar-refractivity contribution >= 4 is 0 Å². The van der Waals surface area contributed by atoms with Crippen molar-refractivity contribution < 1.29 is 9.57 Å². The molecule has 1 heterocycles. The second-order valence-electron chi connectivity index (χ2n) is 3.34. The van der Waals surface area contributed by atoms with Gasteiger partial charge in [-0.05, 0) is 25.2 Å². The van der Waals surface area contributed by atoms with Gasteiger partial charge in [0, 0.05) is 6.61 Å². The molecule has 2 N–H and O–H groups in total. The van der Waals surface area contributed by atoms with E-state index in [0.717, 1.165) is 13.0 Å². The monoisotopic (exact) mass is 159 g/mol. The fourth-order valence-corrected chi connectivity index (χ4v) is 1.77. The Balaban J connectivity index is 2.33. The summed E-state index contributed by atoms with van der Waals surface area (Å²) in [4.78, 5) is 4.61. The summed E-state index contributed by atoms with van der Waals surface area (Å²) in [6.07, 6.45) is 1.52. The molecule has 0 aromatic carbocycles. The van der Waals surface area contributed by atoms with Crippen LogP contribution in [0, 0.1) is 11.8 Å². The Morgan fingerprint density at radius 2 is 2.45 bits per heavy atom. The van der Waals surface area contributed by atoms with Gasteiger partial charge in [-0.25, -0.2) is 5.90 Å². The number of nitrogens with two attached hydrogens (primary N) is 1. The average molecular weight is 159 g/mol. The highest BCUT2D eigenvalue weighted by Crippen LogP contribution is 2.27. The molecule has 0 aromatic rings. The molecule has 3 heteroatoms. The largest absolute Gasteiger partial charge is 0.378 e. The minimum Gasteiger partial charge on any atom is -0.378 e. The maximum absolute atomic E-state index is 5.44. The molecule has 0 radical (unpaired) electrons. The van der Waals surface area contributed by atoms with Crippen LogP contribution in [0.4, 0.5) is 0 Å². The standard InChI is InChI=1S/C8H17NO2/c1-6(5-11-9)8-3-4-10-7(8)2/h6-8H,3-5,9H2,1-2H3. The van der Waals surface area contributed by atoms with E-state index in [1.54, 1.807) is 0 Å². The van der Waals surface area contributed by atoms with Crippen LogP contribution in [0.3, 0.4) is 0 Å². The molecule has 1 saturated heterocycles. The molecular formula is C8H17NO2. The highest BCUT2D eigenvalue weighted by molar-refractivity contribution is 4.76. The average Bonchev–Trinajstić information content (AvgIpc) is 2.36. The molecule has 1 aliphatic heterocycles. The zero-order chi connectivity index (χ0) is 8.27. The van der Waals surface area contributed by atoms with Crippen molar-refractivity contribution in [3.63, 3.8) is 0 Å². The summed E-state index contributed by atoms with van der Waals surface area (Å²) in [7, 11) is 0. The van der Waals surface area contributed by atoms with Gasteiger partial charge in [-0.3, -0.25) is 0 Å². The van der Waals surface area contributed by atoms with E-state index in [1.165, 1.54) is 0 Å². The molecule has 0 bridgehead atoms. The molecule has 0 aromatic heterocycles. The van der Waals surface area contributed by atoms with Gasteiger partial charge in [-0.1, -0.05) is 6.92 Å². The maximum atomic E-state index is 5.44. The zero-order valence-electron chi connectivity index (χ0n) is 7.25. The van der Waals surface area contributed by atoms with Crippen LogP contribution in [0.25, 0.3) is 0 Å². The summed E-state index contributed by atoms with van der Waals surface area (Å²) in [6.45, 7) is 5.80. The predicted octanol–water partition coefficient (Wildman–Crippen LogP) is 0.938. The van der Waals surface area contributed by atoms with E-state index in [1.807, 2.05) is 0 Å². The van der Waals surface area contributed by atoms with E-state index in [2.05, 4.69) is 18.7 Å². The van der Waals surface area contributed by atoms with Crippen molar-refractivity contribution in [3.8, 4) is 0 Å². The molecule has 3 nitrogen and oxygen atoms in total. The minimum absolute atomic E-state index is 0.375. The third-order valence-corrected chi connectivity index (χ3v) is 2.52. The van der Waals surface area contributed by atoms with E-state index >= 15 is 0 Å². The van der Waals surface area contributed by atoms with Crippen LogP contribution in [-0.4, -0.2) is 19.3 Å². The fraction of sp³-hybridized carbons (Fsp3) is 1.00. The van der Waals surface area contributed by atoms with Gasteiger partial charge >= 0.3 is 0 Å². The molecule has 3 atom stereocenters. The van der Waals surface area contributed by atoms with E-state index in [-0.39, 0.29) is 0 Å². The number of rotatable bonds is 3. The van der Waals surface area contributed by atoms with Gasteiger partial charge in [-0.2, -0.15) is 0 Å². The van der Waals surface area contributed by atoms with Gasteiger partial charge in [0.1, 0.15) is 0 Å². The van der Waals surface area contributed by atoms with Gasteiger partial charge < -0.3 is 9.57 Å². The quantitative estimate of drug-likeness (QED) is 0.623. The Morgan fingerprint density at radius 1 is 1.73 bits per heavy atom. The molecule has 1 rings (SSSR count). The van der Waals surface area contributed by atoms with E-state index < -0.39 is 0 Å². The SMILES string of the molecule is CC(CON)C1CCOC1C. The van der Waals surface area contributed by atoms with Crippen molar-refractivity contribution in [3.05, 3.63) is 0 Å². The van der Waals surface area contributed by atoms with Crippen molar-refractivity contribution in [1.82, 2.24) is 0 Å². The summed E-state index contributed by atoms with van der Waals surface area (Å²) in [5.41, 5.74) is 0. The first-order valence-corrected chi connectivity index (χ1v) is 4.19. The van der Waals surface area contributed by atoms with Crippen molar-refractivity contribution in [2.75, 3.05) is 13.2 Å². The van der Waals surface area contributed by atoms with E-state index in [4.69, 9.17) is 10.6 Å². The topological polar surface area (TPSA) is 44.5 Å². The lowest BCUT2D eigenvalue weighted by Gasteiger charge is -2.20. The lowest BCUT2D eigenvalue weighted by Crippen LogP contribution is -2.24. The predicted molar refractivity (Wildman–Crippen MR) is 42.8 cm³/mol. The highest BCUT2D eigenvalue weighted by Gasteiger charge is 2.28. The summed E-state index contributed by atoms with van der Waals surface area (Å²) < 4.78 is 5.44. The first-order chi connectivity index (χ1) is 5.25. The summed E-state index contributed by atoms with van der Waals surface area (Å²) in [5, 5.41) is 0. The summed E-state index contributed by atoms with van der Waals surface area (Å²) >= 11 is 0. The second kappa shape index (κ2) is 4.04. The molecule has 0 aliphatic carbocycles. The molecule has 1 fully saturated rings. The van der Waals surface area contributed by atoms with Gasteiger partial charge in [0.15, 0.2) is 0 Å². The van der Waals surface area contributed by atoms with Crippen LogP contribution < -0.4 is 5.90 Å². The lowest BCUT2D eigenvalue weighted by atomic mass is 9.89. The maximum Gasteiger partial charge on any atom is 0.0708 e. The molecule has 0 saturated carbocycles. The smallest absolute Gasteiger partial charge is 0.0708 e. The molecular weight excluding hydrogens is 142 g/mol. The van der Waals surface area contributed by atoms with Gasteiger partial charge in [0.25, 0.3) is 0 Å². The Labute approximate surface area is 67.8 Å². The molecule has 3 unspecified atom stereocenters. The van der Waals surface area contributed by atoms with Gasteiger partial charge in [0.2, 0.25) is 0 Å². The Morgan fingerprint density at radius 3 is 2.91 bits per heavy atom. The van der Waals surface area contributed by atoms with Gasteiger partial charge in [-0.15, -0.1) is 0 Å². The third-order valence-electron chi connectivity index (χ3n) is 2.52. The minimum atomic E-state index is 0.375. The first-order valence-electron chi connectivity index (χ1n) is 4.19. The number of hydrogen-bond acceptors (Lipinski definition) is 3. The van der Waals surface area contributed by atoms with Crippen molar-refractivity contribution in [2.45, 2.75) is 26.4 Å². The zero-order valence-corrected chi connectivity index (χ0v) is 7.25. The molecule has 0 spiro atoms. The molecule has 66 valence electrons. The van der Waals surface area contributed by atoms with Crippen molar-refractivity contribution in [2.24, 2.45) is 17.7 Å². The normalized spacial score (nSPS) is 34.1. The van der Waals surface area contributed by atoms with E-state index in [9.17, 15) is 0 Å². The molecule has 0 amide bonds. The Kier molecular flexibility index (Phi) is 3.30. The Hall–Kier alpha value is -0.120. The van der Waals surface area contributed by atoms with Gasteiger partial charge in [0.05, 0.1) is 12.7 Å². The summed E-state index contributed by atoms with van der Waals surface area (Å²) in [6, 6.07) is 0. The highest BCUT2D eigenvalue weighted by atomic mass is 16.6.